The highest BCUT2D eigenvalue weighted by molar-refractivity contribution is 5.41. The van der Waals surface area contributed by atoms with E-state index in [1.54, 1.807) is 30.3 Å². The molecule has 0 radical (unpaired) electrons. The molecule has 22 heavy (non-hydrogen) atoms. The Morgan fingerprint density at radius 3 is 2.09 bits per heavy atom. The quantitative estimate of drug-likeness (QED) is 0.646. The molecular weight excluding hydrogens is 307 g/mol. The van der Waals surface area contributed by atoms with E-state index in [0.717, 1.165) is 0 Å². The fraction of sp³-hybridized carbons (Fsp3) is 0.143. The molecule has 0 heterocycles. The number of hydrogen-bond donors (Lipinski definition) is 2. The number of hydrogen-bond acceptors (Lipinski definition) is 3. The highest BCUT2D eigenvalue weighted by Gasteiger charge is 2.31. The fourth-order valence-corrected chi connectivity index (χ4v) is 1.70. The minimum absolute atomic E-state index is 0.265. The minimum atomic E-state index is -5.01. The van der Waals surface area contributed by atoms with Gasteiger partial charge in [0.2, 0.25) is 0 Å². The monoisotopic (exact) mass is 318 g/mol. The number of benzene rings is 2. The molecule has 0 fully saturated rings. The number of rotatable bonds is 5. The second-order valence-electron chi connectivity index (χ2n) is 4.26. The molecule has 2 rings (SSSR count). The van der Waals surface area contributed by atoms with Gasteiger partial charge in [-0.15, -0.1) is 13.2 Å². The van der Waals surface area contributed by atoms with E-state index in [0.29, 0.717) is 17.8 Å². The van der Waals surface area contributed by atoms with Gasteiger partial charge in [-0.25, -0.2) is 14.2 Å². The molecular formula is C14H11F5N2O. The molecule has 0 aliphatic heterocycles. The highest BCUT2D eigenvalue weighted by atomic mass is 19.4. The van der Waals surface area contributed by atoms with E-state index >= 15 is 0 Å². The molecule has 0 bridgehead atoms. The topological polar surface area (TPSA) is 33.3 Å². The van der Waals surface area contributed by atoms with Crippen molar-refractivity contribution in [3.63, 3.8) is 0 Å². The summed E-state index contributed by atoms with van der Waals surface area (Å²) in [6.07, 6.45) is -5.01. The zero-order valence-electron chi connectivity index (χ0n) is 11.0. The zero-order valence-corrected chi connectivity index (χ0v) is 11.0. The predicted molar refractivity (Wildman–Crippen MR) is 69.9 cm³/mol. The van der Waals surface area contributed by atoms with Crippen LogP contribution in [0.5, 0.6) is 5.75 Å². The van der Waals surface area contributed by atoms with Crippen LogP contribution in [0.1, 0.15) is 5.56 Å². The van der Waals surface area contributed by atoms with Gasteiger partial charge in [0.15, 0.2) is 0 Å². The van der Waals surface area contributed by atoms with Crippen molar-refractivity contribution in [1.82, 2.24) is 5.43 Å². The van der Waals surface area contributed by atoms with E-state index in [9.17, 15) is 22.0 Å². The Bertz CT molecular complexity index is 608. The third-order valence-electron chi connectivity index (χ3n) is 2.62. The summed E-state index contributed by atoms with van der Waals surface area (Å²) in [7, 11) is 0. The molecule has 0 atom stereocenters. The van der Waals surface area contributed by atoms with Crippen molar-refractivity contribution >= 4 is 5.69 Å². The molecule has 0 saturated heterocycles. The van der Waals surface area contributed by atoms with Crippen LogP contribution < -0.4 is 15.6 Å². The predicted octanol–water partition coefficient (Wildman–Crippen LogP) is 3.98. The van der Waals surface area contributed by atoms with Gasteiger partial charge in [-0.2, -0.15) is 0 Å². The molecule has 0 saturated carbocycles. The van der Waals surface area contributed by atoms with Crippen molar-refractivity contribution in [2.45, 2.75) is 12.9 Å². The third-order valence-corrected chi connectivity index (χ3v) is 2.62. The number of halogens is 5. The Morgan fingerprint density at radius 2 is 1.55 bits per heavy atom. The molecule has 0 unspecified atom stereocenters. The standard InChI is InChI=1S/C14H11F5N2O/c15-12-6-10(22-14(17,18)19)7-13(16)11(12)8-20-21-9-4-2-1-3-5-9/h1-7,20-21H,8H2. The summed E-state index contributed by atoms with van der Waals surface area (Å²) >= 11 is 0. The van der Waals surface area contributed by atoms with E-state index in [2.05, 4.69) is 15.6 Å². The van der Waals surface area contributed by atoms with E-state index in [4.69, 9.17) is 0 Å². The Morgan fingerprint density at radius 1 is 0.955 bits per heavy atom. The molecule has 8 heteroatoms. The Hall–Kier alpha value is -2.35. The SMILES string of the molecule is Fc1cc(OC(F)(F)F)cc(F)c1CNNc1ccccc1. The largest absolute Gasteiger partial charge is 0.573 e. The molecule has 2 N–H and O–H groups in total. The minimum Gasteiger partial charge on any atom is -0.406 e. The summed E-state index contributed by atoms with van der Waals surface area (Å²) in [6.45, 7) is -0.265. The summed E-state index contributed by atoms with van der Waals surface area (Å²) in [5.74, 6) is -3.22. The lowest BCUT2D eigenvalue weighted by Gasteiger charge is -2.12. The van der Waals surface area contributed by atoms with E-state index in [1.807, 2.05) is 0 Å². The summed E-state index contributed by atoms with van der Waals surface area (Å²) in [5.41, 5.74) is 5.54. The Kier molecular flexibility index (Phi) is 4.81. The molecule has 2 aromatic carbocycles. The van der Waals surface area contributed by atoms with E-state index in [1.165, 1.54) is 0 Å². The first kappa shape index (κ1) is 16.0. The van der Waals surface area contributed by atoms with Crippen molar-refractivity contribution in [3.8, 4) is 5.75 Å². The van der Waals surface area contributed by atoms with Crippen LogP contribution in [-0.4, -0.2) is 6.36 Å². The number of nitrogens with one attached hydrogen (secondary N) is 2. The zero-order chi connectivity index (χ0) is 16.2. The number of ether oxygens (including phenoxy) is 1. The lowest BCUT2D eigenvalue weighted by molar-refractivity contribution is -0.274. The van der Waals surface area contributed by atoms with Crippen molar-refractivity contribution < 1.29 is 26.7 Å². The maximum atomic E-state index is 13.7. The normalized spacial score (nSPS) is 11.3. The molecule has 0 amide bonds. The smallest absolute Gasteiger partial charge is 0.406 e. The van der Waals surface area contributed by atoms with Crippen LogP contribution in [0, 0.1) is 11.6 Å². The van der Waals surface area contributed by atoms with Crippen molar-refractivity contribution in [1.29, 1.82) is 0 Å². The first-order valence-electron chi connectivity index (χ1n) is 6.13. The van der Waals surface area contributed by atoms with Gasteiger partial charge in [-0.05, 0) is 12.1 Å². The first-order valence-corrected chi connectivity index (χ1v) is 6.13. The van der Waals surface area contributed by atoms with Crippen LogP contribution in [0.15, 0.2) is 42.5 Å². The van der Waals surface area contributed by atoms with Gasteiger partial charge in [0, 0.05) is 29.9 Å². The van der Waals surface area contributed by atoms with Gasteiger partial charge >= 0.3 is 6.36 Å². The van der Waals surface area contributed by atoms with Crippen LogP contribution in [0.25, 0.3) is 0 Å². The van der Waals surface area contributed by atoms with Crippen LogP contribution in [0.3, 0.4) is 0 Å². The van der Waals surface area contributed by atoms with Gasteiger partial charge in [0.1, 0.15) is 17.4 Å². The second kappa shape index (κ2) is 6.61. The van der Waals surface area contributed by atoms with Crippen molar-refractivity contribution in [3.05, 3.63) is 59.7 Å². The summed E-state index contributed by atoms with van der Waals surface area (Å²) < 4.78 is 66.8. The van der Waals surface area contributed by atoms with Gasteiger partial charge in [-0.3, -0.25) is 0 Å². The van der Waals surface area contributed by atoms with Gasteiger partial charge in [0.25, 0.3) is 0 Å². The average Bonchev–Trinajstić information content (AvgIpc) is 2.41. The summed E-state index contributed by atoms with van der Waals surface area (Å²) in [4.78, 5) is 0. The lowest BCUT2D eigenvalue weighted by Crippen LogP contribution is -2.22. The molecule has 0 aliphatic carbocycles. The average molecular weight is 318 g/mol. The third kappa shape index (κ3) is 4.59. The molecule has 0 aromatic heterocycles. The Balaban J connectivity index is 2.02. The Labute approximate surface area is 122 Å². The van der Waals surface area contributed by atoms with Gasteiger partial charge < -0.3 is 10.2 Å². The second-order valence-corrected chi connectivity index (χ2v) is 4.26. The fourth-order valence-electron chi connectivity index (χ4n) is 1.70. The number of para-hydroxylation sites is 1. The summed E-state index contributed by atoms with van der Waals surface area (Å²) in [6, 6.07) is 9.72. The van der Waals surface area contributed by atoms with Crippen LogP contribution in [-0.2, 0) is 6.54 Å². The number of hydrazine groups is 1. The number of alkyl halides is 3. The van der Waals surface area contributed by atoms with Crippen LogP contribution in [0.4, 0.5) is 27.6 Å². The summed E-state index contributed by atoms with van der Waals surface area (Å²) in [5, 5.41) is 0. The molecule has 3 nitrogen and oxygen atoms in total. The van der Waals surface area contributed by atoms with Crippen LogP contribution in [0.2, 0.25) is 0 Å². The number of anilines is 1. The van der Waals surface area contributed by atoms with Crippen LogP contribution >= 0.6 is 0 Å². The van der Waals surface area contributed by atoms with Crippen molar-refractivity contribution in [2.75, 3.05) is 5.43 Å². The maximum Gasteiger partial charge on any atom is 0.573 e. The van der Waals surface area contributed by atoms with E-state index in [-0.39, 0.29) is 6.54 Å². The maximum absolute atomic E-state index is 13.7. The molecule has 0 spiro atoms. The lowest BCUT2D eigenvalue weighted by atomic mass is 10.2. The van der Waals surface area contributed by atoms with E-state index < -0.39 is 29.3 Å². The molecule has 0 aliphatic rings. The van der Waals surface area contributed by atoms with Gasteiger partial charge in [0.05, 0.1) is 0 Å². The van der Waals surface area contributed by atoms with Crippen molar-refractivity contribution in [2.24, 2.45) is 0 Å². The first-order chi connectivity index (χ1) is 10.3. The van der Waals surface area contributed by atoms with Gasteiger partial charge in [-0.1, -0.05) is 18.2 Å². The molecule has 118 valence electrons. The highest BCUT2D eigenvalue weighted by Crippen LogP contribution is 2.26. The molecule has 2 aromatic rings.